The molecule has 0 bridgehead atoms. The van der Waals surface area contributed by atoms with E-state index in [1.54, 1.807) is 0 Å². The number of aromatic nitrogens is 2. The number of piperidine rings is 1. The van der Waals surface area contributed by atoms with Crippen molar-refractivity contribution in [3.63, 3.8) is 0 Å². The first-order valence-corrected chi connectivity index (χ1v) is 10.7. The molecule has 144 valence electrons. The Balaban J connectivity index is 1.76. The summed E-state index contributed by atoms with van der Waals surface area (Å²) in [5.41, 5.74) is 4.28. The van der Waals surface area contributed by atoms with E-state index in [2.05, 4.69) is 69.5 Å². The number of nitrogens with zero attached hydrogens (tertiary/aromatic N) is 3. The molecule has 1 aromatic heterocycles. The van der Waals surface area contributed by atoms with Gasteiger partial charge in [-0.25, -0.2) is 0 Å². The Labute approximate surface area is 173 Å². The molecular formula is C23H24BrN3O. The molecule has 3 heterocycles. The van der Waals surface area contributed by atoms with E-state index in [0.29, 0.717) is 11.3 Å². The van der Waals surface area contributed by atoms with Gasteiger partial charge in [0.25, 0.3) is 5.56 Å². The number of likely N-dealkylation sites (tertiary alicyclic amines) is 1. The van der Waals surface area contributed by atoms with E-state index in [0.717, 1.165) is 28.9 Å². The second-order valence-electron chi connectivity index (χ2n) is 8.69. The second kappa shape index (κ2) is 6.26. The molecule has 5 rings (SSSR count). The van der Waals surface area contributed by atoms with Crippen LogP contribution < -0.4 is 5.56 Å². The molecule has 2 aromatic carbocycles. The standard InChI is InChI=1S/C23H24BrN3O/c1-23(2)16-8-7-15(14-9-11-26(3)12-10-14)13-19(16)27-18-6-4-5-17(24)20(18)21(28)25-22(23)27/h4-8,13-14H,9-12H2,1-3H3. The Bertz CT molecular complexity index is 1160. The molecule has 0 N–H and O–H groups in total. The number of benzene rings is 2. The van der Waals surface area contributed by atoms with Crippen LogP contribution >= 0.6 is 15.9 Å². The van der Waals surface area contributed by atoms with Crippen molar-refractivity contribution in [2.75, 3.05) is 20.1 Å². The van der Waals surface area contributed by atoms with Gasteiger partial charge < -0.3 is 4.90 Å². The highest BCUT2D eigenvalue weighted by Crippen LogP contribution is 2.44. The average molecular weight is 438 g/mol. The third-order valence-corrected chi connectivity index (χ3v) is 7.21. The van der Waals surface area contributed by atoms with Crippen molar-refractivity contribution in [1.82, 2.24) is 14.5 Å². The largest absolute Gasteiger partial charge is 0.306 e. The van der Waals surface area contributed by atoms with Crippen molar-refractivity contribution in [3.8, 4) is 5.69 Å². The van der Waals surface area contributed by atoms with Crippen LogP contribution in [0.4, 0.5) is 0 Å². The summed E-state index contributed by atoms with van der Waals surface area (Å²) in [6.45, 7) is 6.62. The van der Waals surface area contributed by atoms with E-state index < -0.39 is 0 Å². The molecular weight excluding hydrogens is 414 g/mol. The molecule has 0 radical (unpaired) electrons. The minimum Gasteiger partial charge on any atom is -0.306 e. The summed E-state index contributed by atoms with van der Waals surface area (Å²) < 4.78 is 3.01. The molecule has 3 aromatic rings. The molecule has 2 aliphatic heterocycles. The molecule has 5 heteroatoms. The summed E-state index contributed by atoms with van der Waals surface area (Å²) in [5, 5.41) is 0.652. The van der Waals surface area contributed by atoms with Crippen LogP contribution in [0.5, 0.6) is 0 Å². The third kappa shape index (κ3) is 2.52. The van der Waals surface area contributed by atoms with Crippen molar-refractivity contribution >= 4 is 26.8 Å². The molecule has 0 amide bonds. The maximum Gasteiger partial charge on any atom is 0.281 e. The quantitative estimate of drug-likeness (QED) is 0.558. The number of hydrogen-bond donors (Lipinski definition) is 0. The Kier molecular flexibility index (Phi) is 4.04. The first kappa shape index (κ1) is 18.1. The Morgan fingerprint density at radius 2 is 1.89 bits per heavy atom. The fraction of sp³-hybridized carbons (Fsp3) is 0.391. The molecule has 4 nitrogen and oxygen atoms in total. The van der Waals surface area contributed by atoms with E-state index in [1.165, 1.54) is 29.7 Å². The Morgan fingerprint density at radius 1 is 1.14 bits per heavy atom. The summed E-state index contributed by atoms with van der Waals surface area (Å²) in [7, 11) is 2.20. The normalized spacial score (nSPS) is 19.0. The van der Waals surface area contributed by atoms with Crippen molar-refractivity contribution < 1.29 is 0 Å². The summed E-state index contributed by atoms with van der Waals surface area (Å²) in [4.78, 5) is 19.7. The van der Waals surface area contributed by atoms with Gasteiger partial charge >= 0.3 is 0 Å². The topological polar surface area (TPSA) is 38.1 Å². The highest BCUT2D eigenvalue weighted by molar-refractivity contribution is 9.10. The maximum absolute atomic E-state index is 12.8. The first-order chi connectivity index (χ1) is 13.4. The van der Waals surface area contributed by atoms with Gasteiger partial charge in [0.05, 0.1) is 22.0 Å². The molecule has 2 aliphatic rings. The summed E-state index contributed by atoms with van der Waals surface area (Å²) in [6, 6.07) is 12.8. The molecule has 0 saturated carbocycles. The van der Waals surface area contributed by atoms with Crippen LogP contribution in [0.1, 0.15) is 49.6 Å². The fourth-order valence-corrected chi connectivity index (χ4v) is 5.39. The minimum absolute atomic E-state index is 0.162. The summed E-state index contributed by atoms with van der Waals surface area (Å²) in [5.74, 6) is 1.43. The maximum atomic E-state index is 12.8. The highest BCUT2D eigenvalue weighted by Gasteiger charge is 2.39. The lowest BCUT2D eigenvalue weighted by molar-refractivity contribution is 0.255. The van der Waals surface area contributed by atoms with Crippen molar-refractivity contribution in [2.45, 2.75) is 38.0 Å². The van der Waals surface area contributed by atoms with Gasteiger partial charge in [-0.3, -0.25) is 9.36 Å². The van der Waals surface area contributed by atoms with Crippen molar-refractivity contribution in [3.05, 3.63) is 68.2 Å². The first-order valence-electron chi connectivity index (χ1n) is 9.93. The molecule has 28 heavy (non-hydrogen) atoms. The number of rotatable bonds is 1. The van der Waals surface area contributed by atoms with Crippen molar-refractivity contribution in [2.24, 2.45) is 0 Å². The lowest BCUT2D eigenvalue weighted by Crippen LogP contribution is -2.29. The average Bonchev–Trinajstić information content (AvgIpc) is 2.89. The molecule has 0 spiro atoms. The van der Waals surface area contributed by atoms with Gasteiger partial charge in [-0.2, -0.15) is 4.98 Å². The van der Waals surface area contributed by atoms with Gasteiger partial charge in [-0.05, 0) is 98.0 Å². The second-order valence-corrected chi connectivity index (χ2v) is 9.54. The summed E-state index contributed by atoms with van der Waals surface area (Å²) in [6.07, 6.45) is 2.39. The van der Waals surface area contributed by atoms with E-state index in [4.69, 9.17) is 0 Å². The van der Waals surface area contributed by atoms with E-state index in [-0.39, 0.29) is 11.0 Å². The lowest BCUT2D eigenvalue weighted by atomic mass is 9.83. The van der Waals surface area contributed by atoms with Gasteiger partial charge in [-0.1, -0.05) is 18.2 Å². The summed E-state index contributed by atoms with van der Waals surface area (Å²) >= 11 is 3.55. The van der Waals surface area contributed by atoms with Gasteiger partial charge in [0.15, 0.2) is 0 Å². The minimum atomic E-state index is -0.295. The van der Waals surface area contributed by atoms with Crippen LogP contribution in [0, 0.1) is 0 Å². The number of halogens is 1. The van der Waals surface area contributed by atoms with E-state index >= 15 is 0 Å². The van der Waals surface area contributed by atoms with E-state index in [9.17, 15) is 4.79 Å². The van der Waals surface area contributed by atoms with Gasteiger partial charge in [-0.15, -0.1) is 0 Å². The monoisotopic (exact) mass is 437 g/mol. The fourth-order valence-electron chi connectivity index (χ4n) is 4.87. The lowest BCUT2D eigenvalue weighted by Gasteiger charge is -2.29. The van der Waals surface area contributed by atoms with Crippen LogP contribution in [0.2, 0.25) is 0 Å². The van der Waals surface area contributed by atoms with Crippen LogP contribution in [0.25, 0.3) is 16.6 Å². The third-order valence-electron chi connectivity index (χ3n) is 6.55. The van der Waals surface area contributed by atoms with Gasteiger partial charge in [0.1, 0.15) is 5.82 Å². The van der Waals surface area contributed by atoms with Crippen molar-refractivity contribution in [1.29, 1.82) is 0 Å². The molecule has 1 fully saturated rings. The Hall–Kier alpha value is -1.98. The van der Waals surface area contributed by atoms with Crippen LogP contribution in [-0.4, -0.2) is 34.6 Å². The Morgan fingerprint density at radius 3 is 2.64 bits per heavy atom. The zero-order valence-corrected chi connectivity index (χ0v) is 18.1. The number of fused-ring (bicyclic) bond motifs is 5. The predicted molar refractivity (Wildman–Crippen MR) is 117 cm³/mol. The molecule has 1 saturated heterocycles. The highest BCUT2D eigenvalue weighted by atomic mass is 79.9. The van der Waals surface area contributed by atoms with Crippen LogP contribution in [-0.2, 0) is 5.41 Å². The van der Waals surface area contributed by atoms with Crippen LogP contribution in [0.15, 0.2) is 45.7 Å². The molecule has 0 unspecified atom stereocenters. The van der Waals surface area contributed by atoms with Gasteiger partial charge in [0, 0.05) is 4.47 Å². The molecule has 0 aliphatic carbocycles. The molecule has 0 atom stereocenters. The smallest absolute Gasteiger partial charge is 0.281 e. The SMILES string of the molecule is CN1CCC(c2ccc3c(c2)-n2c(nc(=O)c4c(Br)cccc42)C3(C)C)CC1. The zero-order chi connectivity index (χ0) is 19.6. The predicted octanol–water partition coefficient (Wildman–Crippen LogP) is 4.60. The van der Waals surface area contributed by atoms with Crippen LogP contribution in [0.3, 0.4) is 0 Å². The number of hydrogen-bond acceptors (Lipinski definition) is 3. The zero-order valence-electron chi connectivity index (χ0n) is 16.5. The van der Waals surface area contributed by atoms with E-state index in [1.807, 2.05) is 18.2 Å². The van der Waals surface area contributed by atoms with Gasteiger partial charge in [0.2, 0.25) is 0 Å².